The highest BCUT2D eigenvalue weighted by atomic mass is 16.4. The van der Waals surface area contributed by atoms with Crippen LogP contribution in [0.3, 0.4) is 0 Å². The fourth-order valence-electron chi connectivity index (χ4n) is 1.83. The molecule has 5 nitrogen and oxygen atoms in total. The number of benzene rings is 1. The molecule has 2 aromatic rings. The number of hydrogen-bond donors (Lipinski definition) is 2. The van der Waals surface area contributed by atoms with Gasteiger partial charge in [0.2, 0.25) is 0 Å². The summed E-state index contributed by atoms with van der Waals surface area (Å²) in [5.41, 5.74) is 1.56. The van der Waals surface area contributed by atoms with Crippen LogP contribution in [-0.4, -0.2) is 20.6 Å². The Morgan fingerprint density at radius 3 is 2.59 bits per heavy atom. The number of carboxylic acids is 1. The summed E-state index contributed by atoms with van der Waals surface area (Å²) in [6.45, 7) is 1.87. The quantitative estimate of drug-likeness (QED) is 0.821. The van der Waals surface area contributed by atoms with Crippen molar-refractivity contribution in [3.8, 4) is 11.3 Å². The van der Waals surface area contributed by atoms with Gasteiger partial charge in [-0.2, -0.15) is 0 Å². The number of hydrogen-bond acceptors (Lipinski definition) is 2. The van der Waals surface area contributed by atoms with E-state index in [1.165, 1.54) is 4.57 Å². The minimum absolute atomic E-state index is 0.0770. The van der Waals surface area contributed by atoms with E-state index in [2.05, 4.69) is 4.98 Å². The topological polar surface area (TPSA) is 75.1 Å². The van der Waals surface area contributed by atoms with Gasteiger partial charge in [0, 0.05) is 12.6 Å². The third-order valence-corrected chi connectivity index (χ3v) is 2.72. The number of rotatable bonds is 2. The molecule has 0 atom stereocenters. The second kappa shape index (κ2) is 3.93. The van der Waals surface area contributed by atoms with Crippen LogP contribution in [0.2, 0.25) is 0 Å². The van der Waals surface area contributed by atoms with Gasteiger partial charge in [-0.25, -0.2) is 9.59 Å². The lowest BCUT2D eigenvalue weighted by Crippen LogP contribution is -2.13. The number of nitrogens with one attached hydrogen (secondary N) is 1. The van der Waals surface area contributed by atoms with Crippen LogP contribution in [0.25, 0.3) is 11.3 Å². The smallest absolute Gasteiger partial charge is 0.354 e. The molecular formula is C12H12N2O3. The highest BCUT2D eigenvalue weighted by Gasteiger charge is 2.19. The SMILES string of the molecule is Cc1ccccc1-c1c(C(=O)O)[nH]c(=O)n1C. The molecule has 0 saturated heterocycles. The molecule has 0 spiro atoms. The molecule has 1 heterocycles. The van der Waals surface area contributed by atoms with Crippen LogP contribution in [0.5, 0.6) is 0 Å². The van der Waals surface area contributed by atoms with Crippen LogP contribution in [0, 0.1) is 6.92 Å². The van der Waals surface area contributed by atoms with Crippen molar-refractivity contribution in [3.63, 3.8) is 0 Å². The molecule has 1 aromatic heterocycles. The lowest BCUT2D eigenvalue weighted by molar-refractivity contribution is 0.0691. The van der Waals surface area contributed by atoms with Crippen molar-refractivity contribution in [2.45, 2.75) is 6.92 Å². The molecule has 88 valence electrons. The molecule has 0 fully saturated rings. The van der Waals surface area contributed by atoms with Crippen molar-refractivity contribution in [3.05, 3.63) is 46.0 Å². The summed E-state index contributed by atoms with van der Waals surface area (Å²) in [7, 11) is 1.55. The maximum absolute atomic E-state index is 11.5. The van der Waals surface area contributed by atoms with Crippen molar-refractivity contribution >= 4 is 5.97 Å². The molecule has 0 unspecified atom stereocenters. The van der Waals surface area contributed by atoms with E-state index in [9.17, 15) is 9.59 Å². The van der Waals surface area contributed by atoms with E-state index in [0.717, 1.165) is 11.1 Å². The molecule has 2 rings (SSSR count). The van der Waals surface area contributed by atoms with Gasteiger partial charge >= 0.3 is 11.7 Å². The van der Waals surface area contributed by atoms with Crippen LogP contribution in [0.1, 0.15) is 16.1 Å². The highest BCUT2D eigenvalue weighted by Crippen LogP contribution is 2.24. The molecule has 0 bridgehead atoms. The second-order valence-corrected chi connectivity index (χ2v) is 3.83. The van der Waals surface area contributed by atoms with E-state index < -0.39 is 11.7 Å². The van der Waals surface area contributed by atoms with Gasteiger partial charge in [-0.1, -0.05) is 24.3 Å². The number of aryl methyl sites for hydroxylation is 1. The maximum Gasteiger partial charge on any atom is 0.354 e. The lowest BCUT2D eigenvalue weighted by Gasteiger charge is -2.06. The minimum atomic E-state index is -1.14. The summed E-state index contributed by atoms with van der Waals surface area (Å²) < 4.78 is 1.31. The molecule has 0 radical (unpaired) electrons. The Bertz CT molecular complexity index is 637. The number of carboxylic acid groups (broad SMARTS) is 1. The molecule has 0 saturated carbocycles. The first-order valence-electron chi connectivity index (χ1n) is 5.10. The largest absolute Gasteiger partial charge is 0.477 e. The predicted molar refractivity (Wildman–Crippen MR) is 63.2 cm³/mol. The maximum atomic E-state index is 11.5. The monoisotopic (exact) mass is 232 g/mol. The zero-order valence-electron chi connectivity index (χ0n) is 9.52. The summed E-state index contributed by atoms with van der Waals surface area (Å²) in [6, 6.07) is 7.35. The number of carbonyl (C=O) groups is 1. The molecule has 5 heteroatoms. The van der Waals surface area contributed by atoms with Gasteiger partial charge in [0.05, 0.1) is 5.69 Å². The number of nitrogens with zero attached hydrogens (tertiary/aromatic N) is 1. The molecule has 2 N–H and O–H groups in total. The van der Waals surface area contributed by atoms with Crippen LogP contribution >= 0.6 is 0 Å². The van der Waals surface area contributed by atoms with Gasteiger partial charge in [0.1, 0.15) is 0 Å². The van der Waals surface area contributed by atoms with Crippen molar-refractivity contribution in [1.29, 1.82) is 0 Å². The summed E-state index contributed by atoms with van der Waals surface area (Å²) >= 11 is 0. The lowest BCUT2D eigenvalue weighted by atomic mass is 10.0. The fourth-order valence-corrected chi connectivity index (χ4v) is 1.83. The Hall–Kier alpha value is -2.30. The van der Waals surface area contributed by atoms with E-state index >= 15 is 0 Å². The van der Waals surface area contributed by atoms with Gasteiger partial charge < -0.3 is 5.11 Å². The first-order chi connectivity index (χ1) is 8.02. The van der Waals surface area contributed by atoms with Crippen LogP contribution in [-0.2, 0) is 7.05 Å². The van der Waals surface area contributed by atoms with E-state index in [1.54, 1.807) is 13.1 Å². The molecule has 0 amide bonds. The van der Waals surface area contributed by atoms with E-state index in [0.29, 0.717) is 5.69 Å². The first kappa shape index (κ1) is 11.2. The van der Waals surface area contributed by atoms with Crippen molar-refractivity contribution < 1.29 is 9.90 Å². The Labute approximate surface area is 97.3 Å². The third kappa shape index (κ3) is 1.75. The minimum Gasteiger partial charge on any atom is -0.477 e. The average molecular weight is 232 g/mol. The van der Waals surface area contributed by atoms with Crippen molar-refractivity contribution in [2.24, 2.45) is 7.05 Å². The summed E-state index contributed by atoms with van der Waals surface area (Å²) in [5.74, 6) is -1.14. The average Bonchev–Trinajstić information content (AvgIpc) is 2.57. The zero-order chi connectivity index (χ0) is 12.6. The van der Waals surface area contributed by atoms with Gasteiger partial charge in [0.25, 0.3) is 0 Å². The van der Waals surface area contributed by atoms with Crippen molar-refractivity contribution in [2.75, 3.05) is 0 Å². The molecule has 0 aliphatic rings. The third-order valence-electron chi connectivity index (χ3n) is 2.72. The molecule has 0 aliphatic heterocycles. The first-order valence-corrected chi connectivity index (χ1v) is 5.10. The van der Waals surface area contributed by atoms with Gasteiger partial charge in [0.15, 0.2) is 5.69 Å². The molecular weight excluding hydrogens is 220 g/mol. The van der Waals surface area contributed by atoms with Crippen LogP contribution in [0.4, 0.5) is 0 Å². The Morgan fingerprint density at radius 1 is 1.35 bits per heavy atom. The number of aromatic carboxylic acids is 1. The van der Waals surface area contributed by atoms with Crippen molar-refractivity contribution in [1.82, 2.24) is 9.55 Å². The van der Waals surface area contributed by atoms with Gasteiger partial charge in [-0.05, 0) is 12.5 Å². The number of aromatic amines is 1. The number of imidazole rings is 1. The molecule has 17 heavy (non-hydrogen) atoms. The highest BCUT2D eigenvalue weighted by molar-refractivity contribution is 5.93. The standard InChI is InChI=1S/C12H12N2O3/c1-7-5-3-4-6-8(7)10-9(11(15)16)13-12(17)14(10)2/h3-6H,1-2H3,(H,13,17)(H,15,16). The number of H-pyrrole nitrogens is 1. The summed E-state index contributed by atoms with van der Waals surface area (Å²) in [6.07, 6.45) is 0. The predicted octanol–water partition coefficient (Wildman–Crippen LogP) is 1.39. The normalized spacial score (nSPS) is 10.5. The zero-order valence-corrected chi connectivity index (χ0v) is 9.52. The molecule has 0 aliphatic carbocycles. The number of aromatic nitrogens is 2. The second-order valence-electron chi connectivity index (χ2n) is 3.83. The van der Waals surface area contributed by atoms with Crippen LogP contribution < -0.4 is 5.69 Å². The van der Waals surface area contributed by atoms with Gasteiger partial charge in [-0.15, -0.1) is 0 Å². The summed E-state index contributed by atoms with van der Waals surface area (Å²) in [5, 5.41) is 9.07. The molecule has 1 aromatic carbocycles. The van der Waals surface area contributed by atoms with E-state index in [4.69, 9.17) is 5.11 Å². The summed E-state index contributed by atoms with van der Waals surface area (Å²) in [4.78, 5) is 24.9. The Balaban J connectivity index is 2.79. The fraction of sp³-hybridized carbons (Fsp3) is 0.167. The van der Waals surface area contributed by atoms with Crippen LogP contribution in [0.15, 0.2) is 29.1 Å². The Morgan fingerprint density at radius 2 is 2.00 bits per heavy atom. The Kier molecular flexibility index (Phi) is 2.59. The van der Waals surface area contributed by atoms with E-state index in [-0.39, 0.29) is 5.69 Å². The van der Waals surface area contributed by atoms with E-state index in [1.807, 2.05) is 25.1 Å². The van der Waals surface area contributed by atoms with Gasteiger partial charge in [-0.3, -0.25) is 9.55 Å².